The first-order valence-corrected chi connectivity index (χ1v) is 12.0. The van der Waals surface area contributed by atoms with Crippen LogP contribution in [0, 0.1) is 0 Å². The van der Waals surface area contributed by atoms with Crippen molar-refractivity contribution in [1.82, 2.24) is 29.6 Å². The number of aromatic nitrogens is 5. The summed E-state index contributed by atoms with van der Waals surface area (Å²) in [5, 5.41) is 9.84. The molecule has 0 atom stereocenters. The highest BCUT2D eigenvalue weighted by Crippen LogP contribution is 2.33. The number of carbonyl (C=O) groups excluding carboxylic acids is 1. The Kier molecular flexibility index (Phi) is 5.61. The first-order chi connectivity index (χ1) is 15.9. The monoisotopic (exact) mass is 465 g/mol. The minimum atomic E-state index is -0.0121. The van der Waals surface area contributed by atoms with Crippen LogP contribution < -0.4 is 4.90 Å². The highest BCUT2D eigenvalue weighted by atomic mass is 32.1. The number of anilines is 1. The smallest absolute Gasteiger partial charge is 0.253 e. The molecule has 5 rings (SSSR count). The van der Waals surface area contributed by atoms with Gasteiger partial charge in [0.25, 0.3) is 5.91 Å². The van der Waals surface area contributed by atoms with Crippen molar-refractivity contribution in [3.8, 4) is 11.3 Å². The molecule has 3 aromatic heterocycles. The SMILES string of the molecule is CC(C)c1noc(C2CCN(c3nn4cc(-c5ccc(C(=O)N(C)C)cc5)nc4s3)CC2)n1. The average molecular weight is 466 g/mol. The second-order valence-electron chi connectivity index (χ2n) is 8.92. The lowest BCUT2D eigenvalue weighted by Gasteiger charge is -2.29. The second kappa shape index (κ2) is 8.58. The molecule has 0 aliphatic carbocycles. The van der Waals surface area contributed by atoms with Crippen molar-refractivity contribution >= 4 is 27.3 Å². The van der Waals surface area contributed by atoms with Crippen LogP contribution in [0.25, 0.3) is 16.2 Å². The first-order valence-electron chi connectivity index (χ1n) is 11.2. The predicted molar refractivity (Wildman–Crippen MR) is 127 cm³/mol. The minimum Gasteiger partial charge on any atom is -0.347 e. The lowest BCUT2D eigenvalue weighted by atomic mass is 9.97. The van der Waals surface area contributed by atoms with Gasteiger partial charge in [0.1, 0.15) is 0 Å². The van der Waals surface area contributed by atoms with Gasteiger partial charge in [-0.3, -0.25) is 4.79 Å². The van der Waals surface area contributed by atoms with Crippen LogP contribution in [0.5, 0.6) is 0 Å². The van der Waals surface area contributed by atoms with E-state index in [0.717, 1.165) is 59.0 Å². The predicted octanol–water partition coefficient (Wildman–Crippen LogP) is 4.05. The number of amides is 1. The lowest BCUT2D eigenvalue weighted by Crippen LogP contribution is -2.33. The van der Waals surface area contributed by atoms with Crippen LogP contribution >= 0.6 is 11.3 Å². The van der Waals surface area contributed by atoms with Gasteiger partial charge in [0.05, 0.1) is 11.9 Å². The molecule has 9 nitrogen and oxygen atoms in total. The Morgan fingerprint density at radius 3 is 2.48 bits per heavy atom. The summed E-state index contributed by atoms with van der Waals surface area (Å²) in [6, 6.07) is 7.53. The fourth-order valence-electron chi connectivity index (χ4n) is 3.96. The molecule has 1 aromatic carbocycles. The first kappa shape index (κ1) is 21.6. The summed E-state index contributed by atoms with van der Waals surface area (Å²) in [5.41, 5.74) is 2.47. The summed E-state index contributed by atoms with van der Waals surface area (Å²) >= 11 is 1.59. The number of fused-ring (bicyclic) bond motifs is 1. The summed E-state index contributed by atoms with van der Waals surface area (Å²) < 4.78 is 7.34. The molecule has 1 fully saturated rings. The fraction of sp³-hybridized carbons (Fsp3) is 0.435. The van der Waals surface area contributed by atoms with E-state index in [4.69, 9.17) is 14.6 Å². The van der Waals surface area contributed by atoms with Gasteiger partial charge in [0.2, 0.25) is 16.0 Å². The average Bonchev–Trinajstić information content (AvgIpc) is 3.54. The van der Waals surface area contributed by atoms with Gasteiger partial charge in [-0.1, -0.05) is 42.5 Å². The Morgan fingerprint density at radius 2 is 1.88 bits per heavy atom. The van der Waals surface area contributed by atoms with Gasteiger partial charge in [-0.2, -0.15) is 4.98 Å². The zero-order valence-corrected chi connectivity index (χ0v) is 20.0. The summed E-state index contributed by atoms with van der Waals surface area (Å²) in [6.07, 6.45) is 3.87. The molecule has 1 aliphatic heterocycles. The van der Waals surface area contributed by atoms with E-state index in [-0.39, 0.29) is 11.8 Å². The number of rotatable bonds is 5. The minimum absolute atomic E-state index is 0.0121. The van der Waals surface area contributed by atoms with E-state index in [1.54, 1.807) is 30.3 Å². The normalized spacial score (nSPS) is 15.0. The van der Waals surface area contributed by atoms with Crippen LogP contribution in [0.3, 0.4) is 0 Å². The summed E-state index contributed by atoms with van der Waals surface area (Å²) in [7, 11) is 3.50. The molecule has 172 valence electrons. The van der Waals surface area contributed by atoms with Crippen LogP contribution in [0.2, 0.25) is 0 Å². The third-order valence-electron chi connectivity index (χ3n) is 5.95. The molecule has 4 heterocycles. The maximum atomic E-state index is 12.1. The van der Waals surface area contributed by atoms with Crippen LogP contribution in [0.15, 0.2) is 35.0 Å². The summed E-state index contributed by atoms with van der Waals surface area (Å²) in [6.45, 7) is 5.94. The van der Waals surface area contributed by atoms with Crippen molar-refractivity contribution in [3.63, 3.8) is 0 Å². The third kappa shape index (κ3) is 4.22. The van der Waals surface area contributed by atoms with Gasteiger partial charge in [-0.15, -0.1) is 5.10 Å². The Balaban J connectivity index is 1.26. The van der Waals surface area contributed by atoms with Gasteiger partial charge in [-0.05, 0) is 25.0 Å². The standard InChI is InChI=1S/C23H27N7O2S/c1-14(2)19-25-20(32-27-19)16-9-11-29(12-10-16)23-26-30-13-18(24-22(30)33-23)15-5-7-17(8-6-15)21(31)28(3)4/h5-8,13-14,16H,9-12H2,1-4H3. The Hall–Kier alpha value is -3.27. The van der Waals surface area contributed by atoms with E-state index in [1.807, 2.05) is 35.0 Å². The number of nitrogens with zero attached hydrogens (tertiary/aromatic N) is 7. The van der Waals surface area contributed by atoms with Crippen molar-refractivity contribution in [2.45, 2.75) is 38.5 Å². The molecule has 0 N–H and O–H groups in total. The molecule has 1 amide bonds. The van der Waals surface area contributed by atoms with Crippen LogP contribution in [-0.2, 0) is 0 Å². The van der Waals surface area contributed by atoms with Gasteiger partial charge in [0.15, 0.2) is 5.82 Å². The van der Waals surface area contributed by atoms with Crippen LogP contribution in [0.1, 0.15) is 60.6 Å². The zero-order chi connectivity index (χ0) is 23.1. The maximum absolute atomic E-state index is 12.1. The van der Waals surface area contributed by atoms with E-state index < -0.39 is 0 Å². The molecule has 10 heteroatoms. The van der Waals surface area contributed by atoms with Crippen molar-refractivity contribution < 1.29 is 9.32 Å². The molecular weight excluding hydrogens is 438 g/mol. The topological polar surface area (TPSA) is 92.7 Å². The lowest BCUT2D eigenvalue weighted by molar-refractivity contribution is 0.0827. The summed E-state index contributed by atoms with van der Waals surface area (Å²) in [4.78, 5) is 26.1. The number of carbonyl (C=O) groups is 1. The van der Waals surface area contributed by atoms with E-state index in [9.17, 15) is 4.79 Å². The fourth-order valence-corrected chi connectivity index (χ4v) is 4.90. The number of hydrogen-bond acceptors (Lipinski definition) is 8. The highest BCUT2D eigenvalue weighted by molar-refractivity contribution is 7.20. The van der Waals surface area contributed by atoms with E-state index in [0.29, 0.717) is 11.5 Å². The maximum Gasteiger partial charge on any atom is 0.253 e. The van der Waals surface area contributed by atoms with Gasteiger partial charge >= 0.3 is 0 Å². The largest absolute Gasteiger partial charge is 0.347 e. The van der Waals surface area contributed by atoms with Crippen molar-refractivity contribution in [1.29, 1.82) is 0 Å². The molecule has 0 radical (unpaired) electrons. The molecule has 0 unspecified atom stereocenters. The molecule has 33 heavy (non-hydrogen) atoms. The van der Waals surface area contributed by atoms with Crippen LogP contribution in [-0.4, -0.2) is 62.7 Å². The number of hydrogen-bond donors (Lipinski definition) is 0. The molecule has 0 saturated carbocycles. The Bertz CT molecular complexity index is 1230. The number of piperidine rings is 1. The van der Waals surface area contributed by atoms with Crippen molar-refractivity contribution in [3.05, 3.63) is 47.7 Å². The number of imidazole rings is 1. The van der Waals surface area contributed by atoms with Gasteiger partial charge in [0, 0.05) is 50.1 Å². The highest BCUT2D eigenvalue weighted by Gasteiger charge is 2.27. The van der Waals surface area contributed by atoms with Crippen molar-refractivity contribution in [2.75, 3.05) is 32.1 Å². The molecule has 1 aliphatic rings. The molecule has 0 spiro atoms. The zero-order valence-electron chi connectivity index (χ0n) is 19.2. The van der Waals surface area contributed by atoms with E-state index in [1.165, 1.54) is 0 Å². The molecular formula is C23H27N7O2S. The quantitative estimate of drug-likeness (QED) is 0.439. The molecule has 4 aromatic rings. The molecule has 1 saturated heterocycles. The summed E-state index contributed by atoms with van der Waals surface area (Å²) in [5.74, 6) is 2.11. The Morgan fingerprint density at radius 1 is 1.15 bits per heavy atom. The Labute approximate surface area is 196 Å². The van der Waals surface area contributed by atoms with E-state index >= 15 is 0 Å². The number of benzene rings is 1. The second-order valence-corrected chi connectivity index (χ2v) is 9.86. The van der Waals surface area contributed by atoms with Gasteiger partial charge in [-0.25, -0.2) is 9.50 Å². The van der Waals surface area contributed by atoms with Crippen LogP contribution in [0.4, 0.5) is 5.13 Å². The van der Waals surface area contributed by atoms with Crippen molar-refractivity contribution in [2.24, 2.45) is 0 Å². The van der Waals surface area contributed by atoms with E-state index in [2.05, 4.69) is 28.9 Å². The third-order valence-corrected chi connectivity index (χ3v) is 6.94. The van der Waals surface area contributed by atoms with Gasteiger partial charge < -0.3 is 14.3 Å². The molecule has 0 bridgehead atoms.